The Kier molecular flexibility index (Phi) is 5.38. The minimum atomic E-state index is -0.404. The smallest absolute Gasteiger partial charge is 0.246 e. The van der Waals surface area contributed by atoms with Crippen LogP contribution < -0.4 is 5.32 Å². The average molecular weight is 201 g/mol. The zero-order chi connectivity index (χ0) is 11.2. The van der Waals surface area contributed by atoms with Gasteiger partial charge in [0.1, 0.15) is 6.61 Å². The van der Waals surface area contributed by atoms with E-state index in [1.807, 2.05) is 27.7 Å². The van der Waals surface area contributed by atoms with Crippen molar-refractivity contribution in [2.45, 2.75) is 27.7 Å². The van der Waals surface area contributed by atoms with Crippen molar-refractivity contribution in [1.29, 1.82) is 0 Å². The fourth-order valence-corrected chi connectivity index (χ4v) is 0.690. The number of Topliss-reactive ketones (excluding diaryl/α,β-unsaturated/α-hetero) is 1. The predicted molar refractivity (Wildman–Crippen MR) is 54.0 cm³/mol. The van der Waals surface area contributed by atoms with Gasteiger partial charge in [-0.15, -0.1) is 0 Å². The molecule has 0 fully saturated rings. The highest BCUT2D eigenvalue weighted by Crippen LogP contribution is 2.13. The van der Waals surface area contributed by atoms with Crippen LogP contribution >= 0.6 is 0 Å². The summed E-state index contributed by atoms with van der Waals surface area (Å²) >= 11 is 0. The van der Waals surface area contributed by atoms with E-state index in [4.69, 9.17) is 4.74 Å². The first-order chi connectivity index (χ1) is 6.38. The monoisotopic (exact) mass is 201 g/mol. The van der Waals surface area contributed by atoms with Crippen LogP contribution in [0.25, 0.3) is 0 Å². The van der Waals surface area contributed by atoms with Gasteiger partial charge in [0, 0.05) is 12.0 Å². The molecule has 0 aliphatic rings. The van der Waals surface area contributed by atoms with E-state index < -0.39 is 5.41 Å². The van der Waals surface area contributed by atoms with Gasteiger partial charge in [0.25, 0.3) is 0 Å². The van der Waals surface area contributed by atoms with Crippen LogP contribution in [0.1, 0.15) is 27.7 Å². The first-order valence-electron chi connectivity index (χ1n) is 4.75. The van der Waals surface area contributed by atoms with Gasteiger partial charge in [-0.1, -0.05) is 20.8 Å². The van der Waals surface area contributed by atoms with Crippen LogP contribution in [0, 0.1) is 5.41 Å². The molecule has 0 atom stereocenters. The van der Waals surface area contributed by atoms with E-state index in [1.165, 1.54) is 0 Å². The molecule has 0 aliphatic heterocycles. The molecule has 4 heteroatoms. The van der Waals surface area contributed by atoms with Gasteiger partial charge in [0.15, 0.2) is 5.78 Å². The summed E-state index contributed by atoms with van der Waals surface area (Å²) in [5.41, 5.74) is -0.404. The van der Waals surface area contributed by atoms with Gasteiger partial charge in [-0.25, -0.2) is 0 Å². The van der Waals surface area contributed by atoms with Crippen molar-refractivity contribution in [2.24, 2.45) is 5.41 Å². The lowest BCUT2D eigenvalue weighted by Gasteiger charge is -2.16. The van der Waals surface area contributed by atoms with Crippen LogP contribution in [0.3, 0.4) is 0 Å². The number of rotatable bonds is 5. The molecule has 0 bridgehead atoms. The van der Waals surface area contributed by atoms with Gasteiger partial charge in [-0.2, -0.15) is 0 Å². The predicted octanol–water partition coefficient (Wildman–Crippen LogP) is 0.754. The number of hydrogen-bond acceptors (Lipinski definition) is 3. The first-order valence-corrected chi connectivity index (χ1v) is 4.75. The molecule has 0 radical (unpaired) electrons. The van der Waals surface area contributed by atoms with E-state index in [0.29, 0.717) is 6.61 Å². The Morgan fingerprint density at radius 3 is 2.29 bits per heavy atom. The third-order valence-electron chi connectivity index (χ3n) is 1.72. The van der Waals surface area contributed by atoms with Gasteiger partial charge in [0.05, 0.1) is 6.54 Å². The molecular formula is C10H19NO3. The molecule has 0 spiro atoms. The number of ether oxygens (including phenoxy) is 1. The Morgan fingerprint density at radius 1 is 1.29 bits per heavy atom. The van der Waals surface area contributed by atoms with Crippen LogP contribution in [0.5, 0.6) is 0 Å². The fraction of sp³-hybridized carbons (Fsp3) is 0.800. The quantitative estimate of drug-likeness (QED) is 0.714. The minimum absolute atomic E-state index is 0.0161. The zero-order valence-electron chi connectivity index (χ0n) is 9.35. The summed E-state index contributed by atoms with van der Waals surface area (Å²) in [4.78, 5) is 22.4. The van der Waals surface area contributed by atoms with Crippen molar-refractivity contribution in [3.63, 3.8) is 0 Å². The molecule has 4 nitrogen and oxygen atoms in total. The molecule has 1 N–H and O–H groups in total. The van der Waals surface area contributed by atoms with Gasteiger partial charge in [-0.3, -0.25) is 9.59 Å². The standard InChI is InChI=1S/C10H19NO3/c1-5-14-7-9(13)11-6-8(12)10(2,3)4/h5-7H2,1-4H3,(H,11,13). The summed E-state index contributed by atoms with van der Waals surface area (Å²) in [6.07, 6.45) is 0. The summed E-state index contributed by atoms with van der Waals surface area (Å²) in [5, 5.41) is 2.51. The fourth-order valence-electron chi connectivity index (χ4n) is 0.690. The number of ketones is 1. The average Bonchev–Trinajstić information content (AvgIpc) is 2.09. The van der Waals surface area contributed by atoms with Gasteiger partial charge in [0.2, 0.25) is 5.91 Å². The highest BCUT2D eigenvalue weighted by atomic mass is 16.5. The number of carbonyl (C=O) groups excluding carboxylic acids is 2. The molecule has 0 unspecified atom stereocenters. The Morgan fingerprint density at radius 2 is 1.86 bits per heavy atom. The van der Waals surface area contributed by atoms with E-state index in [9.17, 15) is 9.59 Å². The van der Waals surface area contributed by atoms with E-state index in [2.05, 4.69) is 5.32 Å². The molecule has 0 aliphatic carbocycles. The van der Waals surface area contributed by atoms with E-state index in [-0.39, 0.29) is 24.8 Å². The van der Waals surface area contributed by atoms with E-state index >= 15 is 0 Å². The molecule has 0 heterocycles. The summed E-state index contributed by atoms with van der Waals surface area (Å²) in [5.74, 6) is -0.230. The molecule has 1 amide bonds. The van der Waals surface area contributed by atoms with Crippen molar-refractivity contribution < 1.29 is 14.3 Å². The van der Waals surface area contributed by atoms with Gasteiger partial charge >= 0.3 is 0 Å². The molecule has 82 valence electrons. The van der Waals surface area contributed by atoms with Crippen molar-refractivity contribution in [1.82, 2.24) is 5.32 Å². The summed E-state index contributed by atoms with van der Waals surface area (Å²) in [7, 11) is 0. The second-order valence-corrected chi connectivity index (χ2v) is 4.09. The van der Waals surface area contributed by atoms with Crippen LogP contribution in [0.4, 0.5) is 0 Å². The van der Waals surface area contributed by atoms with Gasteiger partial charge in [-0.05, 0) is 6.92 Å². The molecule has 0 aromatic carbocycles. The highest BCUT2D eigenvalue weighted by Gasteiger charge is 2.21. The lowest BCUT2D eigenvalue weighted by Crippen LogP contribution is -2.37. The normalized spacial score (nSPS) is 11.1. The lowest BCUT2D eigenvalue weighted by molar-refractivity contribution is -0.131. The number of nitrogens with one attached hydrogen (secondary N) is 1. The Balaban J connectivity index is 3.73. The maximum absolute atomic E-state index is 11.4. The first kappa shape index (κ1) is 13.1. The second kappa shape index (κ2) is 5.75. The molecule has 0 rings (SSSR count). The SMILES string of the molecule is CCOCC(=O)NCC(=O)C(C)(C)C. The summed E-state index contributed by atoms with van der Waals surface area (Å²) in [6.45, 7) is 7.88. The van der Waals surface area contributed by atoms with Crippen LogP contribution in [0.2, 0.25) is 0 Å². The topological polar surface area (TPSA) is 55.4 Å². The third kappa shape index (κ3) is 5.70. The molecular weight excluding hydrogens is 182 g/mol. The lowest BCUT2D eigenvalue weighted by atomic mass is 9.91. The minimum Gasteiger partial charge on any atom is -0.372 e. The third-order valence-corrected chi connectivity index (χ3v) is 1.72. The number of carbonyl (C=O) groups is 2. The largest absolute Gasteiger partial charge is 0.372 e. The highest BCUT2D eigenvalue weighted by molar-refractivity contribution is 5.89. The Bertz CT molecular complexity index is 206. The summed E-state index contributed by atoms with van der Waals surface area (Å²) < 4.78 is 4.89. The van der Waals surface area contributed by atoms with Crippen molar-refractivity contribution in [3.05, 3.63) is 0 Å². The molecule has 0 saturated heterocycles. The van der Waals surface area contributed by atoms with Crippen LogP contribution in [-0.2, 0) is 14.3 Å². The van der Waals surface area contributed by atoms with Crippen LogP contribution in [-0.4, -0.2) is 31.4 Å². The zero-order valence-corrected chi connectivity index (χ0v) is 9.35. The second-order valence-electron chi connectivity index (χ2n) is 4.09. The Hall–Kier alpha value is -0.900. The summed E-state index contributed by atoms with van der Waals surface area (Å²) in [6, 6.07) is 0. The number of amides is 1. The van der Waals surface area contributed by atoms with Gasteiger partial charge < -0.3 is 10.1 Å². The Labute approximate surface area is 85.0 Å². The molecule has 0 saturated carbocycles. The van der Waals surface area contributed by atoms with E-state index in [0.717, 1.165) is 0 Å². The molecule has 14 heavy (non-hydrogen) atoms. The molecule has 0 aromatic rings. The van der Waals surface area contributed by atoms with Crippen molar-refractivity contribution >= 4 is 11.7 Å². The maximum Gasteiger partial charge on any atom is 0.246 e. The number of hydrogen-bond donors (Lipinski definition) is 1. The maximum atomic E-state index is 11.4. The van der Waals surface area contributed by atoms with Crippen molar-refractivity contribution in [3.8, 4) is 0 Å². The van der Waals surface area contributed by atoms with E-state index in [1.54, 1.807) is 0 Å². The van der Waals surface area contributed by atoms with Crippen LogP contribution in [0.15, 0.2) is 0 Å². The molecule has 0 aromatic heterocycles. The van der Waals surface area contributed by atoms with Crippen molar-refractivity contribution in [2.75, 3.05) is 19.8 Å².